The summed E-state index contributed by atoms with van der Waals surface area (Å²) in [7, 11) is 1.67. The minimum atomic E-state index is -0.0258. The lowest BCUT2D eigenvalue weighted by Gasteiger charge is -2.25. The number of aromatic nitrogens is 4. The van der Waals surface area contributed by atoms with Crippen molar-refractivity contribution >= 4 is 28.9 Å². The number of hydrogen-bond acceptors (Lipinski definition) is 8. The molecule has 33 heavy (non-hydrogen) atoms. The van der Waals surface area contributed by atoms with E-state index >= 15 is 0 Å². The average molecular weight is 454 g/mol. The predicted octanol–water partition coefficient (Wildman–Crippen LogP) is 2.46. The molecule has 0 aliphatic carbocycles. The fraction of sp³-hybridized carbons (Fsp3) is 0.478. The van der Waals surface area contributed by atoms with Gasteiger partial charge in [0.1, 0.15) is 5.82 Å². The zero-order valence-electron chi connectivity index (χ0n) is 19.0. The van der Waals surface area contributed by atoms with Gasteiger partial charge < -0.3 is 25.0 Å². The molecule has 0 aromatic carbocycles. The highest BCUT2D eigenvalue weighted by Crippen LogP contribution is 2.28. The maximum atomic E-state index is 12.2. The van der Waals surface area contributed by atoms with E-state index in [1.54, 1.807) is 18.0 Å². The summed E-state index contributed by atoms with van der Waals surface area (Å²) in [5.41, 5.74) is 2.92. The number of anilines is 3. The van der Waals surface area contributed by atoms with Crippen molar-refractivity contribution in [3.8, 4) is 0 Å². The second-order valence-corrected chi connectivity index (χ2v) is 8.03. The van der Waals surface area contributed by atoms with Crippen molar-refractivity contribution < 1.29 is 14.3 Å². The lowest BCUT2D eigenvalue weighted by molar-refractivity contribution is -0.126. The summed E-state index contributed by atoms with van der Waals surface area (Å²) >= 11 is 0. The molecule has 1 saturated heterocycles. The molecule has 176 valence electrons. The van der Waals surface area contributed by atoms with E-state index in [1.165, 1.54) is 6.08 Å². The molecule has 2 N–H and O–H groups in total. The third kappa shape index (κ3) is 5.77. The van der Waals surface area contributed by atoms with Gasteiger partial charge in [-0.1, -0.05) is 12.7 Å². The van der Waals surface area contributed by atoms with Crippen LogP contribution in [0.1, 0.15) is 24.8 Å². The van der Waals surface area contributed by atoms with Crippen LogP contribution in [-0.4, -0.2) is 76.6 Å². The first-order valence-electron chi connectivity index (χ1n) is 11.3. The third-order valence-corrected chi connectivity index (χ3v) is 5.85. The van der Waals surface area contributed by atoms with Gasteiger partial charge in [0.15, 0.2) is 0 Å². The van der Waals surface area contributed by atoms with Crippen LogP contribution in [0.15, 0.2) is 37.3 Å². The van der Waals surface area contributed by atoms with E-state index in [1.807, 2.05) is 17.3 Å². The zero-order valence-corrected chi connectivity index (χ0v) is 19.0. The van der Waals surface area contributed by atoms with Crippen molar-refractivity contribution in [3.63, 3.8) is 0 Å². The van der Waals surface area contributed by atoms with Crippen molar-refractivity contribution in [1.29, 1.82) is 0 Å². The molecule has 4 rings (SSSR count). The predicted molar refractivity (Wildman–Crippen MR) is 126 cm³/mol. The normalized spacial score (nSPS) is 18.2. The highest BCUT2D eigenvalue weighted by atomic mass is 16.5. The van der Waals surface area contributed by atoms with E-state index in [2.05, 4.69) is 33.4 Å². The summed E-state index contributed by atoms with van der Waals surface area (Å²) in [6.45, 7) is 7.52. The minimum absolute atomic E-state index is 0.0258. The molecule has 2 aliphatic rings. The van der Waals surface area contributed by atoms with E-state index in [-0.39, 0.29) is 11.9 Å². The molecule has 0 spiro atoms. The number of carbonyl (C=O) groups excluding carboxylic acids is 1. The first-order valence-corrected chi connectivity index (χ1v) is 11.3. The second kappa shape index (κ2) is 11.1. The smallest absolute Gasteiger partial charge is 0.246 e. The van der Waals surface area contributed by atoms with E-state index in [0.29, 0.717) is 38.9 Å². The number of likely N-dealkylation sites (tertiary alicyclic amines) is 1. The SMILES string of the molecule is C=CC(=O)N1CCC[C@@H]1CNc1nc(Nc2cnn(CCOC)c2)ncc1C1=CCOCC1. The summed E-state index contributed by atoms with van der Waals surface area (Å²) in [6, 6.07) is 0.109. The van der Waals surface area contributed by atoms with Crippen LogP contribution in [0.4, 0.5) is 17.5 Å². The molecule has 1 atom stereocenters. The average Bonchev–Trinajstić information content (AvgIpc) is 3.51. The lowest BCUT2D eigenvalue weighted by Crippen LogP contribution is -2.38. The van der Waals surface area contributed by atoms with Crippen LogP contribution in [0.5, 0.6) is 0 Å². The van der Waals surface area contributed by atoms with Crippen molar-refractivity contribution in [2.24, 2.45) is 0 Å². The second-order valence-electron chi connectivity index (χ2n) is 8.03. The molecule has 4 heterocycles. The molecule has 0 radical (unpaired) electrons. The van der Waals surface area contributed by atoms with Crippen molar-refractivity contribution in [3.05, 3.63) is 42.9 Å². The van der Waals surface area contributed by atoms with Crippen LogP contribution in [-0.2, 0) is 20.8 Å². The number of amides is 1. The Hall–Kier alpha value is -3.24. The summed E-state index contributed by atoms with van der Waals surface area (Å²) in [4.78, 5) is 23.4. The first kappa shape index (κ1) is 22.9. The summed E-state index contributed by atoms with van der Waals surface area (Å²) in [6.07, 6.45) is 11.7. The van der Waals surface area contributed by atoms with Gasteiger partial charge >= 0.3 is 0 Å². The molecule has 2 aromatic heterocycles. The Morgan fingerprint density at radius 1 is 1.42 bits per heavy atom. The summed E-state index contributed by atoms with van der Waals surface area (Å²) in [5.74, 6) is 1.19. The minimum Gasteiger partial charge on any atom is -0.383 e. The van der Waals surface area contributed by atoms with Crippen molar-refractivity contribution in [1.82, 2.24) is 24.6 Å². The number of hydrogen-bond donors (Lipinski definition) is 2. The van der Waals surface area contributed by atoms with E-state index < -0.39 is 0 Å². The van der Waals surface area contributed by atoms with Gasteiger partial charge in [-0.15, -0.1) is 0 Å². The van der Waals surface area contributed by atoms with Gasteiger partial charge in [-0.25, -0.2) is 4.98 Å². The van der Waals surface area contributed by atoms with E-state index in [9.17, 15) is 4.79 Å². The van der Waals surface area contributed by atoms with Crippen molar-refractivity contribution in [2.75, 3.05) is 50.7 Å². The maximum Gasteiger partial charge on any atom is 0.246 e. The van der Waals surface area contributed by atoms with Gasteiger partial charge in [0.2, 0.25) is 11.9 Å². The van der Waals surface area contributed by atoms with E-state index in [0.717, 1.165) is 48.4 Å². The lowest BCUT2D eigenvalue weighted by atomic mass is 10.0. The van der Waals surface area contributed by atoms with Gasteiger partial charge in [0.25, 0.3) is 0 Å². The number of rotatable bonds is 10. The number of nitrogens with zero attached hydrogens (tertiary/aromatic N) is 5. The number of nitrogens with one attached hydrogen (secondary N) is 2. The molecule has 0 unspecified atom stereocenters. The highest BCUT2D eigenvalue weighted by Gasteiger charge is 2.27. The van der Waals surface area contributed by atoms with Gasteiger partial charge in [0.05, 0.1) is 38.2 Å². The first-order chi connectivity index (χ1) is 16.2. The van der Waals surface area contributed by atoms with Crippen LogP contribution >= 0.6 is 0 Å². The molecular formula is C23H31N7O3. The van der Waals surface area contributed by atoms with Crippen LogP contribution < -0.4 is 10.6 Å². The molecule has 1 amide bonds. The van der Waals surface area contributed by atoms with Crippen LogP contribution in [0.25, 0.3) is 5.57 Å². The fourth-order valence-electron chi connectivity index (χ4n) is 4.12. The van der Waals surface area contributed by atoms with Crippen LogP contribution in [0, 0.1) is 0 Å². The van der Waals surface area contributed by atoms with Crippen LogP contribution in [0.2, 0.25) is 0 Å². The summed E-state index contributed by atoms with van der Waals surface area (Å²) in [5, 5.41) is 11.0. The molecule has 10 heteroatoms. The monoisotopic (exact) mass is 453 g/mol. The largest absolute Gasteiger partial charge is 0.383 e. The van der Waals surface area contributed by atoms with E-state index in [4.69, 9.17) is 14.5 Å². The molecule has 10 nitrogen and oxygen atoms in total. The fourth-order valence-corrected chi connectivity index (χ4v) is 4.12. The Morgan fingerprint density at radius 2 is 2.33 bits per heavy atom. The quantitative estimate of drug-likeness (QED) is 0.529. The Morgan fingerprint density at radius 3 is 3.12 bits per heavy atom. The van der Waals surface area contributed by atoms with Gasteiger partial charge in [-0.05, 0) is 30.9 Å². The Bertz CT molecular complexity index is 1000. The topological polar surface area (TPSA) is 106 Å². The van der Waals surface area contributed by atoms with Gasteiger partial charge in [-0.3, -0.25) is 9.48 Å². The Balaban J connectivity index is 1.52. The van der Waals surface area contributed by atoms with Gasteiger partial charge in [-0.2, -0.15) is 10.1 Å². The molecule has 1 fully saturated rings. The standard InChI is InChI=1S/C23H31N7O3/c1-3-21(31)30-8-4-5-19(30)14-24-22-20(17-6-10-33-11-7-17)15-25-23(28-22)27-18-13-26-29(16-18)9-12-32-2/h3,6,13,15-16,19H,1,4-5,7-12,14H2,2H3,(H2,24,25,27,28)/t19-/m1/s1. The highest BCUT2D eigenvalue weighted by molar-refractivity contribution is 5.87. The molecule has 2 aromatic rings. The molecule has 0 saturated carbocycles. The summed E-state index contributed by atoms with van der Waals surface area (Å²) < 4.78 is 12.4. The Labute approximate surface area is 193 Å². The van der Waals surface area contributed by atoms with Gasteiger partial charge in [0, 0.05) is 44.2 Å². The molecule has 2 aliphatic heterocycles. The number of methoxy groups -OCH3 is 1. The zero-order chi connectivity index (χ0) is 23.0. The van der Waals surface area contributed by atoms with Crippen LogP contribution in [0.3, 0.4) is 0 Å². The van der Waals surface area contributed by atoms with Crippen molar-refractivity contribution in [2.45, 2.75) is 31.8 Å². The molecular weight excluding hydrogens is 422 g/mol. The number of carbonyl (C=O) groups is 1. The Kier molecular flexibility index (Phi) is 7.69. The third-order valence-electron chi connectivity index (χ3n) is 5.85. The maximum absolute atomic E-state index is 12.2. The molecule has 0 bridgehead atoms. The number of ether oxygens (including phenoxy) is 2.